The van der Waals surface area contributed by atoms with Crippen LogP contribution in [0.3, 0.4) is 0 Å². The van der Waals surface area contributed by atoms with Crippen LogP contribution in [0.25, 0.3) is 6.08 Å². The number of rotatable bonds is 6. The first-order valence-corrected chi connectivity index (χ1v) is 8.46. The first-order valence-electron chi connectivity index (χ1n) is 7.71. The van der Waals surface area contributed by atoms with Crippen molar-refractivity contribution in [2.24, 2.45) is 0 Å². The first-order chi connectivity index (χ1) is 12.0. The van der Waals surface area contributed by atoms with E-state index in [1.165, 1.54) is 6.08 Å². The predicted octanol–water partition coefficient (Wildman–Crippen LogP) is 5.21. The van der Waals surface area contributed by atoms with Crippen molar-refractivity contribution in [3.05, 3.63) is 69.7 Å². The third kappa shape index (κ3) is 5.93. The van der Waals surface area contributed by atoms with Crippen molar-refractivity contribution in [2.75, 3.05) is 11.9 Å². The van der Waals surface area contributed by atoms with E-state index in [-0.39, 0.29) is 11.9 Å². The molecule has 0 radical (unpaired) electrons. The largest absolute Gasteiger partial charge is 0.462 e. The van der Waals surface area contributed by atoms with E-state index in [0.29, 0.717) is 33.5 Å². The van der Waals surface area contributed by atoms with Crippen LogP contribution in [0.2, 0.25) is 10.0 Å². The Morgan fingerprint density at radius 3 is 2.48 bits per heavy atom. The average molecular weight is 378 g/mol. The van der Waals surface area contributed by atoms with Crippen LogP contribution in [0.4, 0.5) is 5.69 Å². The summed E-state index contributed by atoms with van der Waals surface area (Å²) in [5, 5.41) is 3.70. The molecule has 0 bridgehead atoms. The van der Waals surface area contributed by atoms with Gasteiger partial charge in [-0.1, -0.05) is 36.2 Å². The Morgan fingerprint density at radius 1 is 1.12 bits per heavy atom. The molecule has 25 heavy (non-hydrogen) atoms. The lowest BCUT2D eigenvalue weighted by atomic mass is 10.2. The second kappa shape index (κ2) is 9.25. The molecular formula is C19H17Cl2NO3. The molecular weight excluding hydrogens is 361 g/mol. The molecule has 0 aliphatic carbocycles. The third-order valence-electron chi connectivity index (χ3n) is 3.20. The number of amides is 1. The highest BCUT2D eigenvalue weighted by atomic mass is 35.5. The zero-order valence-electron chi connectivity index (χ0n) is 13.6. The smallest absolute Gasteiger partial charge is 0.338 e. The molecule has 4 nitrogen and oxygen atoms in total. The van der Waals surface area contributed by atoms with Crippen molar-refractivity contribution in [2.45, 2.75) is 13.3 Å². The third-order valence-corrected chi connectivity index (χ3v) is 3.76. The number of nitrogens with one attached hydrogen (secondary N) is 1. The molecule has 0 fully saturated rings. The van der Waals surface area contributed by atoms with Crippen LogP contribution in [-0.2, 0) is 9.53 Å². The SMILES string of the molecule is CCCOC(=O)c1ccc(NC(=O)/C=C/c2ccc(Cl)cc2Cl)cc1. The summed E-state index contributed by atoms with van der Waals surface area (Å²) in [6.07, 6.45) is 3.74. The van der Waals surface area contributed by atoms with Crippen LogP contribution in [-0.4, -0.2) is 18.5 Å². The monoisotopic (exact) mass is 377 g/mol. The van der Waals surface area contributed by atoms with Crippen molar-refractivity contribution >= 4 is 46.8 Å². The van der Waals surface area contributed by atoms with E-state index < -0.39 is 0 Å². The maximum absolute atomic E-state index is 12.0. The Kier molecular flexibility index (Phi) is 7.04. The quantitative estimate of drug-likeness (QED) is 0.554. The molecule has 2 aromatic carbocycles. The molecule has 0 saturated heterocycles. The van der Waals surface area contributed by atoms with E-state index in [1.807, 2.05) is 6.92 Å². The fraction of sp³-hybridized carbons (Fsp3) is 0.158. The van der Waals surface area contributed by atoms with Crippen LogP contribution >= 0.6 is 23.2 Å². The number of esters is 1. The van der Waals surface area contributed by atoms with Gasteiger partial charge in [-0.25, -0.2) is 4.79 Å². The molecule has 1 N–H and O–H groups in total. The lowest BCUT2D eigenvalue weighted by Gasteiger charge is -2.05. The molecule has 0 unspecified atom stereocenters. The van der Waals surface area contributed by atoms with Gasteiger partial charge in [0.1, 0.15) is 0 Å². The zero-order valence-corrected chi connectivity index (χ0v) is 15.1. The number of carbonyl (C=O) groups excluding carboxylic acids is 2. The highest BCUT2D eigenvalue weighted by molar-refractivity contribution is 6.35. The summed E-state index contributed by atoms with van der Waals surface area (Å²) in [5.41, 5.74) is 1.70. The van der Waals surface area contributed by atoms with E-state index in [4.69, 9.17) is 27.9 Å². The van der Waals surface area contributed by atoms with Gasteiger partial charge < -0.3 is 10.1 Å². The molecule has 2 aromatic rings. The number of anilines is 1. The van der Waals surface area contributed by atoms with Crippen molar-refractivity contribution in [1.82, 2.24) is 0 Å². The van der Waals surface area contributed by atoms with E-state index in [1.54, 1.807) is 48.5 Å². The van der Waals surface area contributed by atoms with Crippen molar-refractivity contribution in [1.29, 1.82) is 0 Å². The van der Waals surface area contributed by atoms with Crippen molar-refractivity contribution < 1.29 is 14.3 Å². The zero-order chi connectivity index (χ0) is 18.2. The van der Waals surface area contributed by atoms with E-state index >= 15 is 0 Å². The van der Waals surface area contributed by atoms with Crippen LogP contribution in [0, 0.1) is 0 Å². The van der Waals surface area contributed by atoms with Crippen molar-refractivity contribution in [3.63, 3.8) is 0 Å². The summed E-state index contributed by atoms with van der Waals surface area (Å²) in [6, 6.07) is 11.5. The summed E-state index contributed by atoms with van der Waals surface area (Å²) >= 11 is 11.9. The average Bonchev–Trinajstić information content (AvgIpc) is 2.59. The van der Waals surface area contributed by atoms with E-state index in [0.717, 1.165) is 6.42 Å². The van der Waals surface area contributed by atoms with Gasteiger partial charge in [-0.3, -0.25) is 4.79 Å². The molecule has 130 valence electrons. The van der Waals surface area contributed by atoms with Gasteiger partial charge in [-0.05, 0) is 54.5 Å². The van der Waals surface area contributed by atoms with Gasteiger partial charge in [0.2, 0.25) is 5.91 Å². The van der Waals surface area contributed by atoms with Gasteiger partial charge in [0, 0.05) is 21.8 Å². The Hall–Kier alpha value is -2.30. The number of ether oxygens (including phenoxy) is 1. The fourth-order valence-corrected chi connectivity index (χ4v) is 2.43. The van der Waals surface area contributed by atoms with Gasteiger partial charge in [0.25, 0.3) is 0 Å². The minimum absolute atomic E-state index is 0.313. The van der Waals surface area contributed by atoms with Crippen LogP contribution in [0.1, 0.15) is 29.3 Å². The van der Waals surface area contributed by atoms with E-state index in [2.05, 4.69) is 5.32 Å². The lowest BCUT2D eigenvalue weighted by Crippen LogP contribution is -2.09. The van der Waals surface area contributed by atoms with Gasteiger partial charge in [0.15, 0.2) is 0 Å². The molecule has 0 aliphatic rings. The summed E-state index contributed by atoms with van der Waals surface area (Å²) < 4.78 is 5.05. The second-order valence-electron chi connectivity index (χ2n) is 5.20. The molecule has 0 aromatic heterocycles. The number of halogens is 2. The topological polar surface area (TPSA) is 55.4 Å². The summed E-state index contributed by atoms with van der Waals surface area (Å²) in [4.78, 5) is 23.7. The Morgan fingerprint density at radius 2 is 1.84 bits per heavy atom. The van der Waals surface area contributed by atoms with Crippen LogP contribution in [0.15, 0.2) is 48.5 Å². The predicted molar refractivity (Wildman–Crippen MR) is 101 cm³/mol. The minimum Gasteiger partial charge on any atom is -0.462 e. The number of benzene rings is 2. The number of hydrogen-bond acceptors (Lipinski definition) is 3. The second-order valence-corrected chi connectivity index (χ2v) is 6.05. The van der Waals surface area contributed by atoms with Crippen molar-refractivity contribution in [3.8, 4) is 0 Å². The summed E-state index contributed by atoms with van der Waals surface area (Å²) in [7, 11) is 0. The van der Waals surface area contributed by atoms with E-state index in [9.17, 15) is 9.59 Å². The highest BCUT2D eigenvalue weighted by Crippen LogP contribution is 2.22. The maximum atomic E-state index is 12.0. The minimum atomic E-state index is -0.378. The van der Waals surface area contributed by atoms with Gasteiger partial charge in [0.05, 0.1) is 12.2 Å². The Bertz CT molecular complexity index is 786. The molecule has 0 aliphatic heterocycles. The first kappa shape index (κ1) is 19.0. The molecule has 0 saturated carbocycles. The Labute approximate surface area is 156 Å². The summed E-state index contributed by atoms with van der Waals surface area (Å²) in [5.74, 6) is -0.690. The molecule has 1 amide bonds. The van der Waals surface area contributed by atoms with Gasteiger partial charge in [-0.2, -0.15) is 0 Å². The van der Waals surface area contributed by atoms with Crippen LogP contribution < -0.4 is 5.32 Å². The molecule has 0 atom stereocenters. The lowest BCUT2D eigenvalue weighted by molar-refractivity contribution is -0.111. The van der Waals surface area contributed by atoms with Gasteiger partial charge >= 0.3 is 5.97 Å². The Balaban J connectivity index is 1.96. The standard InChI is InChI=1S/C19H17Cl2NO3/c1-2-11-25-19(24)14-4-8-16(9-5-14)22-18(23)10-6-13-3-7-15(20)12-17(13)21/h3-10,12H,2,11H2,1H3,(H,22,23)/b10-6+. The number of hydrogen-bond donors (Lipinski definition) is 1. The molecule has 0 spiro atoms. The number of carbonyl (C=O) groups is 2. The van der Waals surface area contributed by atoms with Gasteiger partial charge in [-0.15, -0.1) is 0 Å². The molecule has 0 heterocycles. The maximum Gasteiger partial charge on any atom is 0.338 e. The summed E-state index contributed by atoms with van der Waals surface area (Å²) in [6.45, 7) is 2.31. The molecule has 6 heteroatoms. The fourth-order valence-electron chi connectivity index (χ4n) is 1.95. The molecule has 2 rings (SSSR count). The van der Waals surface area contributed by atoms with Crippen LogP contribution in [0.5, 0.6) is 0 Å². The normalized spacial score (nSPS) is 10.7. The highest BCUT2D eigenvalue weighted by Gasteiger charge is 2.07.